The summed E-state index contributed by atoms with van der Waals surface area (Å²) < 4.78 is 4.36. The summed E-state index contributed by atoms with van der Waals surface area (Å²) in [5.41, 5.74) is 7.84. The molecule has 0 spiro atoms. The van der Waals surface area contributed by atoms with Gasteiger partial charge in [-0.05, 0) is 23.8 Å². The zero-order chi connectivity index (χ0) is 22.6. The highest BCUT2D eigenvalue weighted by Gasteiger charge is 2.22. The highest BCUT2D eigenvalue weighted by atomic mass is 35.5. The first kappa shape index (κ1) is 19.3. The lowest BCUT2D eigenvalue weighted by Gasteiger charge is -2.12. The third-order valence-corrected chi connectivity index (χ3v) is 6.61. The second-order valence-corrected chi connectivity index (χ2v) is 8.80. The lowest BCUT2D eigenvalue weighted by Crippen LogP contribution is -2.02. The fourth-order valence-electron chi connectivity index (χ4n) is 4.86. The molecule has 5 nitrogen and oxygen atoms in total. The zero-order valence-corrected chi connectivity index (χ0v) is 18.8. The maximum absolute atomic E-state index is 6.23. The SMILES string of the molecule is Clc1ccc(-c2nc3c(nc4cnccn43)c3c4ccccc4n(Cc4ccccc4)c23)cc1. The molecule has 0 aliphatic heterocycles. The van der Waals surface area contributed by atoms with Crippen molar-refractivity contribution in [1.29, 1.82) is 0 Å². The Balaban J connectivity index is 1.69. The molecule has 3 aromatic carbocycles. The molecule has 6 heteroatoms. The van der Waals surface area contributed by atoms with Gasteiger partial charge in [0.15, 0.2) is 11.3 Å². The molecule has 0 bridgehead atoms. The molecule has 0 N–H and O–H groups in total. The average molecular weight is 460 g/mol. The summed E-state index contributed by atoms with van der Waals surface area (Å²) in [7, 11) is 0. The third-order valence-electron chi connectivity index (χ3n) is 6.36. The van der Waals surface area contributed by atoms with Gasteiger partial charge in [0, 0.05) is 45.8 Å². The van der Waals surface area contributed by atoms with E-state index in [0.29, 0.717) is 5.02 Å². The van der Waals surface area contributed by atoms with Gasteiger partial charge < -0.3 is 4.57 Å². The molecule has 0 atom stereocenters. The zero-order valence-electron chi connectivity index (χ0n) is 18.1. The lowest BCUT2D eigenvalue weighted by molar-refractivity contribution is 0.868. The molecule has 7 rings (SSSR count). The molecule has 7 aromatic rings. The van der Waals surface area contributed by atoms with E-state index in [4.69, 9.17) is 21.6 Å². The number of pyridine rings is 1. The molecular formula is C28H18ClN5. The smallest absolute Gasteiger partial charge is 0.165 e. The summed E-state index contributed by atoms with van der Waals surface area (Å²) in [4.78, 5) is 14.4. The Morgan fingerprint density at radius 2 is 1.62 bits per heavy atom. The normalized spacial score (nSPS) is 11.8. The van der Waals surface area contributed by atoms with E-state index in [1.807, 2.05) is 40.9 Å². The summed E-state index contributed by atoms with van der Waals surface area (Å²) in [6, 6.07) is 26.9. The van der Waals surface area contributed by atoms with Crippen molar-refractivity contribution in [2.45, 2.75) is 6.54 Å². The van der Waals surface area contributed by atoms with Crippen molar-refractivity contribution in [3.8, 4) is 11.3 Å². The highest BCUT2D eigenvalue weighted by molar-refractivity contribution is 6.30. The first-order valence-electron chi connectivity index (χ1n) is 11.1. The minimum atomic E-state index is 0.701. The van der Waals surface area contributed by atoms with Gasteiger partial charge in [-0.1, -0.05) is 72.3 Å². The van der Waals surface area contributed by atoms with Crippen molar-refractivity contribution >= 4 is 50.2 Å². The third kappa shape index (κ3) is 2.84. The first-order chi connectivity index (χ1) is 16.8. The monoisotopic (exact) mass is 459 g/mol. The first-order valence-corrected chi connectivity index (χ1v) is 11.5. The minimum Gasteiger partial charge on any atom is -0.334 e. The average Bonchev–Trinajstić information content (AvgIpc) is 3.41. The maximum atomic E-state index is 6.23. The number of rotatable bonds is 3. The maximum Gasteiger partial charge on any atom is 0.165 e. The summed E-state index contributed by atoms with van der Waals surface area (Å²) in [6.45, 7) is 0.730. The molecule has 0 fully saturated rings. The number of para-hydroxylation sites is 1. The summed E-state index contributed by atoms with van der Waals surface area (Å²) in [5.74, 6) is 0. The van der Waals surface area contributed by atoms with Crippen LogP contribution >= 0.6 is 11.6 Å². The van der Waals surface area contributed by atoms with Crippen molar-refractivity contribution in [2.75, 3.05) is 0 Å². The predicted octanol–water partition coefficient (Wildman–Crippen LogP) is 6.75. The van der Waals surface area contributed by atoms with E-state index < -0.39 is 0 Å². The minimum absolute atomic E-state index is 0.701. The van der Waals surface area contributed by atoms with Crippen molar-refractivity contribution in [3.05, 3.63) is 108 Å². The number of fused-ring (bicyclic) bond motifs is 7. The van der Waals surface area contributed by atoms with Crippen molar-refractivity contribution in [3.63, 3.8) is 0 Å². The van der Waals surface area contributed by atoms with E-state index in [9.17, 15) is 0 Å². The van der Waals surface area contributed by atoms with Gasteiger partial charge in [-0.2, -0.15) is 0 Å². The fourth-order valence-corrected chi connectivity index (χ4v) is 4.98. The Kier molecular flexibility index (Phi) is 4.19. The Hall–Kier alpha value is -4.22. The number of aromatic nitrogens is 5. The van der Waals surface area contributed by atoms with Gasteiger partial charge in [0.1, 0.15) is 5.52 Å². The molecule has 0 saturated carbocycles. The van der Waals surface area contributed by atoms with Crippen LogP contribution in [-0.2, 0) is 6.54 Å². The molecule has 0 aliphatic rings. The number of nitrogens with zero attached hydrogens (tertiary/aromatic N) is 5. The standard InChI is InChI=1S/C28H18ClN5/c29-20-12-10-19(11-13-20)25-27-24(26-28(32-25)33-15-14-30-16-23(33)31-26)21-8-4-5-9-22(21)34(27)17-18-6-2-1-3-7-18/h1-16H,17H2. The Labute approximate surface area is 199 Å². The largest absolute Gasteiger partial charge is 0.334 e. The van der Waals surface area contributed by atoms with E-state index in [0.717, 1.165) is 56.4 Å². The quantitative estimate of drug-likeness (QED) is 0.293. The number of halogens is 1. The molecule has 0 saturated heterocycles. The highest BCUT2D eigenvalue weighted by Crippen LogP contribution is 2.39. The Bertz CT molecular complexity index is 1830. The van der Waals surface area contributed by atoms with Crippen molar-refractivity contribution in [2.24, 2.45) is 0 Å². The van der Waals surface area contributed by atoms with Crippen LogP contribution in [0.25, 0.3) is 49.9 Å². The van der Waals surface area contributed by atoms with E-state index in [2.05, 4.69) is 58.1 Å². The summed E-state index contributed by atoms with van der Waals surface area (Å²) in [6.07, 6.45) is 5.46. The topological polar surface area (TPSA) is 48.0 Å². The van der Waals surface area contributed by atoms with Gasteiger partial charge in [0.05, 0.1) is 17.4 Å². The number of imidazole rings is 1. The number of benzene rings is 3. The van der Waals surface area contributed by atoms with E-state index in [1.54, 1.807) is 12.4 Å². The Morgan fingerprint density at radius 3 is 2.47 bits per heavy atom. The van der Waals surface area contributed by atoms with Gasteiger partial charge in [-0.15, -0.1) is 0 Å². The van der Waals surface area contributed by atoms with Crippen LogP contribution in [0.4, 0.5) is 0 Å². The van der Waals surface area contributed by atoms with Crippen LogP contribution in [0.3, 0.4) is 0 Å². The molecule has 0 radical (unpaired) electrons. The van der Waals surface area contributed by atoms with Gasteiger partial charge in [-0.25, -0.2) is 9.97 Å². The van der Waals surface area contributed by atoms with E-state index in [-0.39, 0.29) is 0 Å². The summed E-state index contributed by atoms with van der Waals surface area (Å²) in [5, 5.41) is 2.96. The molecular weight excluding hydrogens is 442 g/mol. The van der Waals surface area contributed by atoms with Crippen LogP contribution < -0.4 is 0 Å². The molecule has 0 unspecified atom stereocenters. The van der Waals surface area contributed by atoms with Crippen LogP contribution in [-0.4, -0.2) is 23.9 Å². The molecule has 0 amide bonds. The fraction of sp³-hybridized carbons (Fsp3) is 0.0357. The number of hydrogen-bond donors (Lipinski definition) is 0. The van der Waals surface area contributed by atoms with Crippen LogP contribution in [0, 0.1) is 0 Å². The molecule has 162 valence electrons. The van der Waals surface area contributed by atoms with Crippen LogP contribution in [0.15, 0.2) is 97.5 Å². The van der Waals surface area contributed by atoms with Gasteiger partial charge in [-0.3, -0.25) is 9.38 Å². The van der Waals surface area contributed by atoms with Crippen LogP contribution in [0.5, 0.6) is 0 Å². The second-order valence-electron chi connectivity index (χ2n) is 8.37. The molecule has 4 aromatic heterocycles. The van der Waals surface area contributed by atoms with Gasteiger partial charge >= 0.3 is 0 Å². The number of hydrogen-bond acceptors (Lipinski definition) is 3. The van der Waals surface area contributed by atoms with Crippen LogP contribution in [0.1, 0.15) is 5.56 Å². The predicted molar refractivity (Wildman–Crippen MR) is 137 cm³/mol. The van der Waals surface area contributed by atoms with E-state index in [1.165, 1.54) is 5.56 Å². The summed E-state index contributed by atoms with van der Waals surface area (Å²) >= 11 is 6.23. The van der Waals surface area contributed by atoms with Gasteiger partial charge in [0.2, 0.25) is 0 Å². The second kappa shape index (κ2) is 7.40. The molecule has 0 aliphatic carbocycles. The molecule has 4 heterocycles. The molecule has 34 heavy (non-hydrogen) atoms. The van der Waals surface area contributed by atoms with E-state index >= 15 is 0 Å². The van der Waals surface area contributed by atoms with Crippen molar-refractivity contribution in [1.82, 2.24) is 23.9 Å². The van der Waals surface area contributed by atoms with Gasteiger partial charge in [0.25, 0.3) is 0 Å². The lowest BCUT2D eigenvalue weighted by atomic mass is 10.1. The van der Waals surface area contributed by atoms with Crippen molar-refractivity contribution < 1.29 is 0 Å². The van der Waals surface area contributed by atoms with Crippen LogP contribution in [0.2, 0.25) is 5.02 Å². The Morgan fingerprint density at radius 1 is 0.824 bits per heavy atom.